The fraction of sp³-hybridized carbons (Fsp3) is 0.682. The number of hydrogen-bond acceptors (Lipinski definition) is 3. The summed E-state index contributed by atoms with van der Waals surface area (Å²) in [6.45, 7) is 6.78. The smallest absolute Gasteiger partial charge is 0.321 e. The number of anilines is 1. The van der Waals surface area contributed by atoms with Gasteiger partial charge in [-0.3, -0.25) is 0 Å². The maximum Gasteiger partial charge on any atom is 0.321 e. The molecule has 0 radical (unpaired) electrons. The molecule has 1 aromatic rings. The molecule has 1 saturated carbocycles. The van der Waals surface area contributed by atoms with Crippen molar-refractivity contribution in [3.05, 3.63) is 29.8 Å². The number of carbonyl (C=O) groups is 1. The molecule has 0 atom stereocenters. The molecule has 0 aromatic heterocycles. The summed E-state index contributed by atoms with van der Waals surface area (Å²) < 4.78 is 26.8. The van der Waals surface area contributed by atoms with Crippen molar-refractivity contribution in [3.8, 4) is 0 Å². The number of likely N-dealkylation sites (tertiary alicyclic amines) is 1. The number of carbonyl (C=O) groups excluding carboxylic acids is 1. The van der Waals surface area contributed by atoms with Gasteiger partial charge < -0.3 is 10.2 Å². The Labute approximate surface area is 175 Å². The van der Waals surface area contributed by atoms with Gasteiger partial charge in [-0.15, -0.1) is 0 Å². The van der Waals surface area contributed by atoms with Crippen molar-refractivity contribution < 1.29 is 13.2 Å². The van der Waals surface area contributed by atoms with E-state index in [1.807, 2.05) is 12.1 Å². The van der Waals surface area contributed by atoms with Crippen LogP contribution in [0.5, 0.6) is 0 Å². The van der Waals surface area contributed by atoms with Gasteiger partial charge in [-0.05, 0) is 69.1 Å². The quantitative estimate of drug-likeness (QED) is 0.744. The highest BCUT2D eigenvalue weighted by Crippen LogP contribution is 2.35. The standard InChI is InChI=1S/C22H35N3O3S/c1-16(2)29(27,28)24-21-12-14-25(15-13-21)22(26)23-20-10-8-19(9-11-20)18-6-4-17(3)5-7-18/h8-11,16-18,21,24H,4-7,12-15H2,1-3H3,(H,23,26). The highest BCUT2D eigenvalue weighted by Gasteiger charge is 2.27. The van der Waals surface area contributed by atoms with Crippen LogP contribution in [0, 0.1) is 5.92 Å². The van der Waals surface area contributed by atoms with Crippen LogP contribution in [0.15, 0.2) is 24.3 Å². The molecule has 0 unspecified atom stereocenters. The first kappa shape index (κ1) is 22.1. The molecule has 7 heteroatoms. The molecule has 2 aliphatic rings. The third-order valence-corrected chi connectivity index (χ3v) is 8.29. The van der Waals surface area contributed by atoms with Crippen molar-refractivity contribution in [2.75, 3.05) is 18.4 Å². The molecule has 3 rings (SSSR count). The highest BCUT2D eigenvalue weighted by molar-refractivity contribution is 7.90. The van der Waals surface area contributed by atoms with Crippen LogP contribution in [0.4, 0.5) is 10.5 Å². The number of nitrogens with one attached hydrogen (secondary N) is 2. The molecule has 1 aliphatic heterocycles. The number of nitrogens with zero attached hydrogens (tertiary/aromatic N) is 1. The summed E-state index contributed by atoms with van der Waals surface area (Å²) in [6.07, 6.45) is 6.38. The van der Waals surface area contributed by atoms with E-state index >= 15 is 0 Å². The molecule has 2 amide bonds. The largest absolute Gasteiger partial charge is 0.324 e. The zero-order chi connectivity index (χ0) is 21.0. The van der Waals surface area contributed by atoms with E-state index in [9.17, 15) is 13.2 Å². The van der Waals surface area contributed by atoms with Crippen LogP contribution in [0.3, 0.4) is 0 Å². The van der Waals surface area contributed by atoms with Crippen molar-refractivity contribution in [1.29, 1.82) is 0 Å². The van der Waals surface area contributed by atoms with Crippen LogP contribution in [0.1, 0.15) is 70.8 Å². The molecular formula is C22H35N3O3S. The van der Waals surface area contributed by atoms with Crippen LogP contribution in [0.2, 0.25) is 0 Å². The molecule has 1 saturated heterocycles. The van der Waals surface area contributed by atoms with Gasteiger partial charge in [0.25, 0.3) is 0 Å². The summed E-state index contributed by atoms with van der Waals surface area (Å²) in [7, 11) is -3.27. The van der Waals surface area contributed by atoms with Crippen LogP contribution >= 0.6 is 0 Å². The Morgan fingerprint density at radius 3 is 2.14 bits per heavy atom. The number of hydrogen-bond donors (Lipinski definition) is 2. The predicted octanol–water partition coefficient (Wildman–Crippen LogP) is 4.30. The van der Waals surface area contributed by atoms with E-state index < -0.39 is 15.3 Å². The van der Waals surface area contributed by atoms with E-state index in [-0.39, 0.29) is 12.1 Å². The van der Waals surface area contributed by atoms with Gasteiger partial charge >= 0.3 is 6.03 Å². The Hall–Kier alpha value is -1.60. The Morgan fingerprint density at radius 1 is 1.00 bits per heavy atom. The Kier molecular flexibility index (Phi) is 7.22. The average molecular weight is 422 g/mol. The van der Waals surface area contributed by atoms with Gasteiger partial charge in [0.2, 0.25) is 10.0 Å². The zero-order valence-electron chi connectivity index (χ0n) is 17.9. The van der Waals surface area contributed by atoms with Crippen molar-refractivity contribution in [2.24, 2.45) is 5.92 Å². The van der Waals surface area contributed by atoms with Gasteiger partial charge in [-0.2, -0.15) is 0 Å². The maximum atomic E-state index is 12.6. The maximum absolute atomic E-state index is 12.6. The SMILES string of the molecule is CC1CCC(c2ccc(NC(=O)N3CCC(NS(=O)(=O)C(C)C)CC3)cc2)CC1. The normalized spacial score (nSPS) is 23.9. The molecule has 1 aromatic carbocycles. The number of piperidine rings is 1. The lowest BCUT2D eigenvalue weighted by Crippen LogP contribution is -2.48. The van der Waals surface area contributed by atoms with E-state index in [1.165, 1.54) is 31.2 Å². The third-order valence-electron chi connectivity index (χ3n) is 6.38. The minimum atomic E-state index is -3.27. The predicted molar refractivity (Wildman–Crippen MR) is 118 cm³/mol. The van der Waals surface area contributed by atoms with Crippen LogP contribution in [0.25, 0.3) is 0 Å². The van der Waals surface area contributed by atoms with Gasteiger partial charge in [-0.1, -0.05) is 31.9 Å². The molecule has 162 valence electrons. The van der Waals surface area contributed by atoms with Crippen LogP contribution < -0.4 is 10.0 Å². The summed E-state index contributed by atoms with van der Waals surface area (Å²) in [5.41, 5.74) is 2.18. The molecular weight excluding hydrogens is 386 g/mol. The Balaban J connectivity index is 1.47. The summed E-state index contributed by atoms with van der Waals surface area (Å²) >= 11 is 0. The molecule has 6 nitrogen and oxygen atoms in total. The summed E-state index contributed by atoms with van der Waals surface area (Å²) in [4.78, 5) is 14.3. The molecule has 2 N–H and O–H groups in total. The van der Waals surface area contributed by atoms with Crippen molar-refractivity contribution >= 4 is 21.7 Å². The second kappa shape index (κ2) is 9.47. The van der Waals surface area contributed by atoms with Gasteiger partial charge in [-0.25, -0.2) is 17.9 Å². The Bertz CT molecular complexity index is 776. The van der Waals surface area contributed by atoms with E-state index in [2.05, 4.69) is 29.1 Å². The van der Waals surface area contributed by atoms with Gasteiger partial charge in [0.1, 0.15) is 0 Å². The molecule has 1 heterocycles. The molecule has 29 heavy (non-hydrogen) atoms. The number of benzene rings is 1. The van der Waals surface area contributed by atoms with E-state index in [0.29, 0.717) is 31.8 Å². The number of amides is 2. The van der Waals surface area contributed by atoms with Crippen molar-refractivity contribution in [3.63, 3.8) is 0 Å². The third kappa shape index (κ3) is 5.95. The number of sulfonamides is 1. The molecule has 0 spiro atoms. The lowest BCUT2D eigenvalue weighted by Gasteiger charge is -2.32. The first-order valence-corrected chi connectivity index (χ1v) is 12.5. The number of urea groups is 1. The fourth-order valence-electron chi connectivity index (χ4n) is 4.20. The molecule has 2 fully saturated rings. The summed E-state index contributed by atoms with van der Waals surface area (Å²) in [5, 5.41) is 2.54. The van der Waals surface area contributed by atoms with Crippen LogP contribution in [-0.2, 0) is 10.0 Å². The average Bonchev–Trinajstić information content (AvgIpc) is 2.69. The highest BCUT2D eigenvalue weighted by atomic mass is 32.2. The number of rotatable bonds is 5. The zero-order valence-corrected chi connectivity index (χ0v) is 18.7. The first-order chi connectivity index (χ1) is 13.7. The summed E-state index contributed by atoms with van der Waals surface area (Å²) in [6, 6.07) is 8.06. The van der Waals surface area contributed by atoms with Crippen LogP contribution in [-0.4, -0.2) is 43.7 Å². The van der Waals surface area contributed by atoms with Gasteiger partial charge in [0.05, 0.1) is 5.25 Å². The van der Waals surface area contributed by atoms with E-state index in [1.54, 1.807) is 18.7 Å². The van der Waals surface area contributed by atoms with Crippen molar-refractivity contribution in [2.45, 2.75) is 76.5 Å². The van der Waals surface area contributed by atoms with E-state index in [4.69, 9.17) is 0 Å². The van der Waals surface area contributed by atoms with Gasteiger partial charge in [0, 0.05) is 24.8 Å². The lowest BCUT2D eigenvalue weighted by atomic mass is 9.79. The second-order valence-corrected chi connectivity index (χ2v) is 11.3. The molecule has 0 bridgehead atoms. The monoisotopic (exact) mass is 421 g/mol. The van der Waals surface area contributed by atoms with Gasteiger partial charge in [0.15, 0.2) is 0 Å². The van der Waals surface area contributed by atoms with Crippen molar-refractivity contribution in [1.82, 2.24) is 9.62 Å². The van der Waals surface area contributed by atoms with E-state index in [0.717, 1.165) is 11.6 Å². The first-order valence-electron chi connectivity index (χ1n) is 10.9. The minimum Gasteiger partial charge on any atom is -0.324 e. The Morgan fingerprint density at radius 2 is 1.59 bits per heavy atom. The minimum absolute atomic E-state index is 0.0936. The lowest BCUT2D eigenvalue weighted by molar-refractivity contribution is 0.193. The molecule has 1 aliphatic carbocycles. The fourth-order valence-corrected chi connectivity index (χ4v) is 5.18. The topological polar surface area (TPSA) is 78.5 Å². The summed E-state index contributed by atoms with van der Waals surface area (Å²) in [5.74, 6) is 1.49. The second-order valence-electron chi connectivity index (χ2n) is 8.98.